The van der Waals surface area contributed by atoms with Gasteiger partial charge in [-0.05, 0) is 43.1 Å². The fraction of sp³-hybridized carbons (Fsp3) is 0.385. The molecular formula is C13H17ClN2. The molecule has 2 rings (SSSR count). The summed E-state index contributed by atoms with van der Waals surface area (Å²) in [6, 6.07) is 6.07. The molecule has 0 unspecified atom stereocenters. The van der Waals surface area contributed by atoms with Crippen LogP contribution in [0.15, 0.2) is 24.4 Å². The van der Waals surface area contributed by atoms with Crippen LogP contribution in [-0.2, 0) is 13.0 Å². The van der Waals surface area contributed by atoms with E-state index in [1.165, 1.54) is 16.5 Å². The van der Waals surface area contributed by atoms with Crippen LogP contribution in [0.3, 0.4) is 0 Å². The van der Waals surface area contributed by atoms with Crippen LogP contribution in [0, 0.1) is 0 Å². The molecule has 16 heavy (non-hydrogen) atoms. The summed E-state index contributed by atoms with van der Waals surface area (Å²) in [5.41, 5.74) is 8.19. The Morgan fingerprint density at radius 3 is 2.88 bits per heavy atom. The molecule has 0 fully saturated rings. The van der Waals surface area contributed by atoms with Crippen molar-refractivity contribution < 1.29 is 0 Å². The van der Waals surface area contributed by atoms with E-state index < -0.39 is 0 Å². The van der Waals surface area contributed by atoms with Crippen LogP contribution in [-0.4, -0.2) is 11.1 Å². The number of aromatic nitrogens is 1. The van der Waals surface area contributed by atoms with Gasteiger partial charge >= 0.3 is 0 Å². The minimum absolute atomic E-state index is 0.678. The number of nitrogens with two attached hydrogens (primary N) is 1. The zero-order chi connectivity index (χ0) is 11.5. The quantitative estimate of drug-likeness (QED) is 0.869. The molecule has 2 N–H and O–H groups in total. The minimum Gasteiger partial charge on any atom is -0.347 e. The Hall–Kier alpha value is -0.990. The molecule has 0 aliphatic carbocycles. The van der Waals surface area contributed by atoms with E-state index in [1.54, 1.807) is 0 Å². The number of aryl methyl sites for hydroxylation is 1. The zero-order valence-electron chi connectivity index (χ0n) is 9.54. The first-order valence-electron chi connectivity index (χ1n) is 5.73. The first kappa shape index (κ1) is 11.5. The lowest BCUT2D eigenvalue weighted by atomic mass is 10.1. The van der Waals surface area contributed by atoms with E-state index in [9.17, 15) is 0 Å². The first-order chi connectivity index (χ1) is 7.76. The van der Waals surface area contributed by atoms with Crippen molar-refractivity contribution in [1.82, 2.24) is 4.57 Å². The summed E-state index contributed by atoms with van der Waals surface area (Å²) < 4.78 is 2.29. The van der Waals surface area contributed by atoms with E-state index in [-0.39, 0.29) is 0 Å². The van der Waals surface area contributed by atoms with Gasteiger partial charge in [0.25, 0.3) is 0 Å². The third kappa shape index (κ3) is 2.08. The van der Waals surface area contributed by atoms with E-state index >= 15 is 0 Å². The van der Waals surface area contributed by atoms with Crippen molar-refractivity contribution >= 4 is 22.5 Å². The van der Waals surface area contributed by atoms with Crippen molar-refractivity contribution in [3.8, 4) is 0 Å². The molecule has 1 heterocycles. The topological polar surface area (TPSA) is 30.9 Å². The second-order valence-electron chi connectivity index (χ2n) is 4.05. The average Bonchev–Trinajstić information content (AvgIpc) is 2.58. The summed E-state index contributed by atoms with van der Waals surface area (Å²) in [5.74, 6) is 0. The van der Waals surface area contributed by atoms with Crippen LogP contribution in [0.25, 0.3) is 10.9 Å². The molecule has 0 aliphatic heterocycles. The maximum absolute atomic E-state index is 6.04. The van der Waals surface area contributed by atoms with Crippen molar-refractivity contribution in [3.05, 3.63) is 35.0 Å². The van der Waals surface area contributed by atoms with Gasteiger partial charge in [-0.1, -0.05) is 18.5 Å². The standard InChI is InChI=1S/C13H17ClN2/c1-2-7-16-9-10(5-6-15)12-8-11(14)3-4-13(12)16/h3-4,8-9H,2,5-7,15H2,1H3. The van der Waals surface area contributed by atoms with Crippen molar-refractivity contribution in [2.24, 2.45) is 5.73 Å². The number of hydrogen-bond donors (Lipinski definition) is 1. The summed E-state index contributed by atoms with van der Waals surface area (Å²) in [6.45, 7) is 3.91. The lowest BCUT2D eigenvalue weighted by Crippen LogP contribution is -2.02. The predicted molar refractivity (Wildman–Crippen MR) is 70.0 cm³/mol. The monoisotopic (exact) mass is 236 g/mol. The van der Waals surface area contributed by atoms with Crippen LogP contribution in [0.1, 0.15) is 18.9 Å². The van der Waals surface area contributed by atoms with Crippen molar-refractivity contribution in [2.45, 2.75) is 26.3 Å². The lowest BCUT2D eigenvalue weighted by Gasteiger charge is -2.01. The van der Waals surface area contributed by atoms with Crippen molar-refractivity contribution in [2.75, 3.05) is 6.54 Å². The number of hydrogen-bond acceptors (Lipinski definition) is 1. The highest BCUT2D eigenvalue weighted by molar-refractivity contribution is 6.31. The summed E-state index contributed by atoms with van der Waals surface area (Å²) in [7, 11) is 0. The molecule has 2 aromatic rings. The molecule has 0 bridgehead atoms. The van der Waals surface area contributed by atoms with Gasteiger partial charge in [-0.25, -0.2) is 0 Å². The molecule has 0 saturated carbocycles. The van der Waals surface area contributed by atoms with Crippen LogP contribution in [0.4, 0.5) is 0 Å². The van der Waals surface area contributed by atoms with Gasteiger partial charge in [0, 0.05) is 28.7 Å². The SMILES string of the molecule is CCCn1cc(CCN)c2cc(Cl)ccc21. The maximum atomic E-state index is 6.04. The average molecular weight is 237 g/mol. The van der Waals surface area contributed by atoms with Crippen LogP contribution in [0.2, 0.25) is 5.02 Å². The summed E-state index contributed by atoms with van der Waals surface area (Å²) in [6.07, 6.45) is 4.25. The minimum atomic E-state index is 0.678. The number of nitrogens with zero attached hydrogens (tertiary/aromatic N) is 1. The maximum Gasteiger partial charge on any atom is 0.0484 e. The molecular weight excluding hydrogens is 220 g/mol. The van der Waals surface area contributed by atoms with Crippen LogP contribution >= 0.6 is 11.6 Å². The summed E-state index contributed by atoms with van der Waals surface area (Å²) in [4.78, 5) is 0. The Morgan fingerprint density at radius 2 is 2.19 bits per heavy atom. The molecule has 0 spiro atoms. The highest BCUT2D eigenvalue weighted by Crippen LogP contribution is 2.25. The second-order valence-corrected chi connectivity index (χ2v) is 4.48. The van der Waals surface area contributed by atoms with Gasteiger partial charge in [-0.2, -0.15) is 0 Å². The van der Waals surface area contributed by atoms with Crippen molar-refractivity contribution in [1.29, 1.82) is 0 Å². The Morgan fingerprint density at radius 1 is 1.38 bits per heavy atom. The van der Waals surface area contributed by atoms with Crippen LogP contribution in [0.5, 0.6) is 0 Å². The second kappa shape index (κ2) is 4.89. The van der Waals surface area contributed by atoms with E-state index in [0.29, 0.717) is 6.54 Å². The zero-order valence-corrected chi connectivity index (χ0v) is 10.3. The Bertz CT molecular complexity index is 488. The largest absolute Gasteiger partial charge is 0.347 e. The molecule has 0 saturated heterocycles. The predicted octanol–water partition coefficient (Wildman–Crippen LogP) is 3.21. The van der Waals surface area contributed by atoms with Gasteiger partial charge in [0.05, 0.1) is 0 Å². The normalized spacial score (nSPS) is 11.2. The molecule has 0 aliphatic rings. The fourth-order valence-corrected chi connectivity index (χ4v) is 2.30. The number of rotatable bonds is 4. The van der Waals surface area contributed by atoms with Gasteiger partial charge in [0.15, 0.2) is 0 Å². The molecule has 86 valence electrons. The highest BCUT2D eigenvalue weighted by atomic mass is 35.5. The van der Waals surface area contributed by atoms with Gasteiger partial charge in [-0.3, -0.25) is 0 Å². The van der Waals surface area contributed by atoms with Gasteiger partial charge in [0.1, 0.15) is 0 Å². The molecule has 3 heteroatoms. The van der Waals surface area contributed by atoms with Crippen LogP contribution < -0.4 is 5.73 Å². The summed E-state index contributed by atoms with van der Waals surface area (Å²) in [5, 5.41) is 2.03. The third-order valence-corrected chi connectivity index (χ3v) is 3.04. The van der Waals surface area contributed by atoms with Gasteiger partial charge in [0.2, 0.25) is 0 Å². The van der Waals surface area contributed by atoms with E-state index in [0.717, 1.165) is 24.4 Å². The summed E-state index contributed by atoms with van der Waals surface area (Å²) >= 11 is 6.04. The Labute approximate surface area is 101 Å². The molecule has 0 radical (unpaired) electrons. The Balaban J connectivity index is 2.56. The third-order valence-electron chi connectivity index (χ3n) is 2.80. The van der Waals surface area contributed by atoms with E-state index in [2.05, 4.69) is 23.8 Å². The molecule has 0 atom stereocenters. The van der Waals surface area contributed by atoms with Crippen molar-refractivity contribution in [3.63, 3.8) is 0 Å². The number of benzene rings is 1. The lowest BCUT2D eigenvalue weighted by molar-refractivity contribution is 0.700. The molecule has 1 aromatic heterocycles. The van der Waals surface area contributed by atoms with E-state index in [1.807, 2.05) is 12.1 Å². The number of fused-ring (bicyclic) bond motifs is 1. The molecule has 1 aromatic carbocycles. The Kier molecular flexibility index (Phi) is 3.52. The fourth-order valence-electron chi connectivity index (χ4n) is 2.12. The van der Waals surface area contributed by atoms with Gasteiger partial charge < -0.3 is 10.3 Å². The molecule has 0 amide bonds. The molecule has 2 nitrogen and oxygen atoms in total. The van der Waals surface area contributed by atoms with Gasteiger partial charge in [-0.15, -0.1) is 0 Å². The smallest absolute Gasteiger partial charge is 0.0484 e. The number of halogens is 1. The van der Waals surface area contributed by atoms with E-state index in [4.69, 9.17) is 17.3 Å². The first-order valence-corrected chi connectivity index (χ1v) is 6.11. The highest BCUT2D eigenvalue weighted by Gasteiger charge is 2.07.